The maximum Gasteiger partial charge on any atom is 0.190 e. The van der Waals surface area contributed by atoms with E-state index in [4.69, 9.17) is 4.74 Å². The molecule has 1 aromatic carbocycles. The Kier molecular flexibility index (Phi) is 4.45. The molecule has 2 N–H and O–H groups in total. The molecule has 0 aromatic heterocycles. The van der Waals surface area contributed by atoms with Crippen molar-refractivity contribution in [2.75, 3.05) is 20.7 Å². The van der Waals surface area contributed by atoms with E-state index in [1.807, 2.05) is 25.2 Å². The van der Waals surface area contributed by atoms with Gasteiger partial charge in [0.05, 0.1) is 6.61 Å². The fourth-order valence-electron chi connectivity index (χ4n) is 1.74. The summed E-state index contributed by atoms with van der Waals surface area (Å²) in [6.07, 6.45) is 2.62. The topological polar surface area (TPSA) is 45.7 Å². The summed E-state index contributed by atoms with van der Waals surface area (Å²) in [7, 11) is 3.61. The van der Waals surface area contributed by atoms with E-state index in [-0.39, 0.29) is 0 Å². The molecule has 0 heterocycles. The summed E-state index contributed by atoms with van der Waals surface area (Å²) >= 11 is 0. The lowest BCUT2D eigenvalue weighted by Crippen LogP contribution is -2.34. The summed E-state index contributed by atoms with van der Waals surface area (Å²) in [6.45, 7) is 1.56. The van der Waals surface area contributed by atoms with E-state index in [0.29, 0.717) is 6.54 Å². The minimum Gasteiger partial charge on any atom is -0.493 e. The summed E-state index contributed by atoms with van der Waals surface area (Å²) < 4.78 is 5.86. The smallest absolute Gasteiger partial charge is 0.190 e. The molecule has 0 spiro atoms. The highest BCUT2D eigenvalue weighted by Crippen LogP contribution is 2.30. The molecule has 1 fully saturated rings. The molecule has 0 bridgehead atoms. The third-order valence-electron chi connectivity index (χ3n) is 3.05. The summed E-state index contributed by atoms with van der Waals surface area (Å²) in [4.78, 5) is 4.09. The normalized spacial score (nSPS) is 15.3. The molecular weight excluding hydrogens is 226 g/mol. The lowest BCUT2D eigenvalue weighted by molar-refractivity contribution is 0.296. The van der Waals surface area contributed by atoms with Crippen molar-refractivity contribution in [2.45, 2.75) is 19.4 Å². The zero-order valence-corrected chi connectivity index (χ0v) is 11.1. The van der Waals surface area contributed by atoms with E-state index in [0.717, 1.165) is 29.8 Å². The van der Waals surface area contributed by atoms with Gasteiger partial charge in [0.15, 0.2) is 5.96 Å². The number of para-hydroxylation sites is 1. The van der Waals surface area contributed by atoms with Crippen molar-refractivity contribution in [3.8, 4) is 5.75 Å². The van der Waals surface area contributed by atoms with Crippen LogP contribution in [0.1, 0.15) is 18.4 Å². The van der Waals surface area contributed by atoms with Crippen LogP contribution in [0.2, 0.25) is 0 Å². The zero-order chi connectivity index (χ0) is 12.8. The number of hydrogen-bond donors (Lipinski definition) is 2. The monoisotopic (exact) mass is 247 g/mol. The predicted molar refractivity (Wildman–Crippen MR) is 73.9 cm³/mol. The van der Waals surface area contributed by atoms with E-state index >= 15 is 0 Å². The SMILES string of the molecule is CN=C(NC)NCc1ccccc1OCC1CC1. The molecule has 1 saturated carbocycles. The number of ether oxygens (including phenoxy) is 1. The number of hydrogen-bond acceptors (Lipinski definition) is 2. The summed E-state index contributed by atoms with van der Waals surface area (Å²) in [5, 5.41) is 6.24. The Morgan fingerprint density at radius 2 is 2.17 bits per heavy atom. The van der Waals surface area contributed by atoms with Crippen LogP contribution < -0.4 is 15.4 Å². The van der Waals surface area contributed by atoms with Crippen LogP contribution >= 0.6 is 0 Å². The highest BCUT2D eigenvalue weighted by atomic mass is 16.5. The molecule has 0 saturated heterocycles. The Balaban J connectivity index is 1.93. The second-order valence-electron chi connectivity index (χ2n) is 4.54. The molecule has 1 aliphatic rings. The molecule has 98 valence electrons. The van der Waals surface area contributed by atoms with Crippen LogP contribution in [0.4, 0.5) is 0 Å². The Hall–Kier alpha value is -1.71. The molecule has 1 aliphatic carbocycles. The largest absolute Gasteiger partial charge is 0.493 e. The van der Waals surface area contributed by atoms with Crippen molar-refractivity contribution in [1.82, 2.24) is 10.6 Å². The third kappa shape index (κ3) is 3.65. The third-order valence-corrected chi connectivity index (χ3v) is 3.05. The molecule has 1 aromatic rings. The molecule has 0 amide bonds. The first kappa shape index (κ1) is 12.7. The van der Waals surface area contributed by atoms with Crippen molar-refractivity contribution in [2.24, 2.45) is 10.9 Å². The molecular formula is C14H21N3O. The first-order chi connectivity index (χ1) is 8.83. The first-order valence-corrected chi connectivity index (χ1v) is 6.42. The molecule has 0 aliphatic heterocycles. The average Bonchev–Trinajstić information content (AvgIpc) is 3.23. The average molecular weight is 247 g/mol. The second-order valence-corrected chi connectivity index (χ2v) is 4.54. The summed E-state index contributed by atoms with van der Waals surface area (Å²) in [5.74, 6) is 2.53. The maximum atomic E-state index is 5.86. The van der Waals surface area contributed by atoms with Gasteiger partial charge in [-0.2, -0.15) is 0 Å². The second kappa shape index (κ2) is 6.28. The van der Waals surface area contributed by atoms with Crippen molar-refractivity contribution >= 4 is 5.96 Å². The van der Waals surface area contributed by atoms with Crippen LogP contribution in [0.5, 0.6) is 5.75 Å². The first-order valence-electron chi connectivity index (χ1n) is 6.42. The van der Waals surface area contributed by atoms with Gasteiger partial charge in [0, 0.05) is 26.2 Å². The molecule has 0 unspecified atom stereocenters. The molecule has 4 heteroatoms. The minimum absolute atomic E-state index is 0.717. The number of guanidine groups is 1. The highest BCUT2D eigenvalue weighted by molar-refractivity contribution is 5.79. The van der Waals surface area contributed by atoms with Crippen LogP contribution in [0.3, 0.4) is 0 Å². The Labute approximate surface area is 108 Å². The number of benzene rings is 1. The lowest BCUT2D eigenvalue weighted by atomic mass is 10.2. The Morgan fingerprint density at radius 1 is 1.39 bits per heavy atom. The zero-order valence-electron chi connectivity index (χ0n) is 11.1. The quantitative estimate of drug-likeness (QED) is 0.616. The minimum atomic E-state index is 0.717. The highest BCUT2D eigenvalue weighted by Gasteiger charge is 2.22. The maximum absolute atomic E-state index is 5.86. The molecule has 0 atom stereocenters. The predicted octanol–water partition coefficient (Wildman–Crippen LogP) is 1.77. The summed E-state index contributed by atoms with van der Waals surface area (Å²) in [6, 6.07) is 8.15. The van der Waals surface area contributed by atoms with Crippen molar-refractivity contribution in [1.29, 1.82) is 0 Å². The number of nitrogens with one attached hydrogen (secondary N) is 2. The van der Waals surface area contributed by atoms with Crippen LogP contribution in [0.15, 0.2) is 29.3 Å². The standard InChI is InChI=1S/C14H21N3O/c1-15-14(16-2)17-9-12-5-3-4-6-13(12)18-10-11-7-8-11/h3-6,11H,7-10H2,1-2H3,(H2,15,16,17). The molecule has 18 heavy (non-hydrogen) atoms. The van der Waals surface area contributed by atoms with E-state index in [1.54, 1.807) is 7.05 Å². The van der Waals surface area contributed by atoms with Gasteiger partial charge in [0.2, 0.25) is 0 Å². The number of nitrogens with zero attached hydrogens (tertiary/aromatic N) is 1. The molecule has 4 nitrogen and oxygen atoms in total. The van der Waals surface area contributed by atoms with E-state index in [9.17, 15) is 0 Å². The van der Waals surface area contributed by atoms with Gasteiger partial charge in [-0.05, 0) is 24.8 Å². The van der Waals surface area contributed by atoms with Crippen molar-refractivity contribution in [3.05, 3.63) is 29.8 Å². The van der Waals surface area contributed by atoms with Crippen LogP contribution in [-0.2, 0) is 6.54 Å². The number of aliphatic imine (C=N–C) groups is 1. The van der Waals surface area contributed by atoms with Crippen LogP contribution in [0, 0.1) is 5.92 Å². The van der Waals surface area contributed by atoms with Crippen molar-refractivity contribution < 1.29 is 4.74 Å². The van der Waals surface area contributed by atoms with Gasteiger partial charge in [0.1, 0.15) is 5.75 Å². The fraction of sp³-hybridized carbons (Fsp3) is 0.500. The Morgan fingerprint density at radius 3 is 2.83 bits per heavy atom. The van der Waals surface area contributed by atoms with Gasteiger partial charge in [-0.3, -0.25) is 4.99 Å². The van der Waals surface area contributed by atoms with Gasteiger partial charge in [-0.25, -0.2) is 0 Å². The van der Waals surface area contributed by atoms with Gasteiger partial charge in [0.25, 0.3) is 0 Å². The van der Waals surface area contributed by atoms with Gasteiger partial charge in [-0.1, -0.05) is 18.2 Å². The number of rotatable bonds is 5. The van der Waals surface area contributed by atoms with E-state index < -0.39 is 0 Å². The lowest BCUT2D eigenvalue weighted by Gasteiger charge is -2.13. The Bertz CT molecular complexity index is 413. The van der Waals surface area contributed by atoms with E-state index in [2.05, 4.69) is 21.7 Å². The van der Waals surface area contributed by atoms with Gasteiger partial charge < -0.3 is 15.4 Å². The molecule has 0 radical (unpaired) electrons. The van der Waals surface area contributed by atoms with Crippen molar-refractivity contribution in [3.63, 3.8) is 0 Å². The fourth-order valence-corrected chi connectivity index (χ4v) is 1.74. The molecule has 2 rings (SSSR count). The van der Waals surface area contributed by atoms with Crippen LogP contribution in [-0.4, -0.2) is 26.7 Å². The summed E-state index contributed by atoms with van der Waals surface area (Å²) in [5.41, 5.74) is 1.16. The van der Waals surface area contributed by atoms with E-state index in [1.165, 1.54) is 12.8 Å². The van der Waals surface area contributed by atoms with Gasteiger partial charge >= 0.3 is 0 Å². The van der Waals surface area contributed by atoms with Crippen LogP contribution in [0.25, 0.3) is 0 Å². The van der Waals surface area contributed by atoms with Gasteiger partial charge in [-0.15, -0.1) is 0 Å².